The van der Waals surface area contributed by atoms with E-state index in [1.807, 2.05) is 50.0 Å². The number of rotatable bonds is 3. The lowest BCUT2D eigenvalue weighted by molar-refractivity contribution is 0.0180. The Morgan fingerprint density at radius 1 is 1.00 bits per heavy atom. The summed E-state index contributed by atoms with van der Waals surface area (Å²) in [4.78, 5) is 14.0. The number of nitrogens with zero attached hydrogens (tertiary/aromatic N) is 5. The Morgan fingerprint density at radius 2 is 1.80 bits per heavy atom. The van der Waals surface area contributed by atoms with Crippen molar-refractivity contribution >= 4 is 11.0 Å². The summed E-state index contributed by atoms with van der Waals surface area (Å²) >= 11 is 0. The third-order valence-corrected chi connectivity index (χ3v) is 6.62. The van der Waals surface area contributed by atoms with Gasteiger partial charge in [0.25, 0.3) is 0 Å². The van der Waals surface area contributed by atoms with Crippen LogP contribution in [0.4, 0.5) is 8.78 Å². The Morgan fingerprint density at radius 3 is 2.49 bits per heavy atom. The molecule has 1 aliphatic heterocycles. The van der Waals surface area contributed by atoms with Gasteiger partial charge in [0.1, 0.15) is 22.8 Å². The van der Waals surface area contributed by atoms with Crippen LogP contribution in [-0.4, -0.2) is 37.4 Å². The van der Waals surface area contributed by atoms with E-state index in [2.05, 4.69) is 15.1 Å². The number of aromatic nitrogens is 5. The number of aryl methyl sites for hydroxylation is 2. The topological polar surface area (TPSA) is 65.7 Å². The molecule has 8 heteroatoms. The largest absolute Gasteiger partial charge is 0.378 e. The molecule has 0 unspecified atom stereocenters. The molecule has 1 aliphatic carbocycles. The molecular formula is C27H29F2N5O. The van der Waals surface area contributed by atoms with Crippen LogP contribution < -0.4 is 0 Å². The van der Waals surface area contributed by atoms with E-state index >= 15 is 0 Å². The molecule has 3 aromatic heterocycles. The monoisotopic (exact) mass is 477 g/mol. The van der Waals surface area contributed by atoms with Gasteiger partial charge in [0.2, 0.25) is 0 Å². The van der Waals surface area contributed by atoms with Gasteiger partial charge in [-0.05, 0) is 70.7 Å². The highest BCUT2D eigenvalue weighted by atomic mass is 19.1. The molecule has 0 spiro atoms. The van der Waals surface area contributed by atoms with E-state index in [1.165, 1.54) is 25.0 Å². The van der Waals surface area contributed by atoms with Crippen molar-refractivity contribution in [2.75, 3.05) is 6.61 Å². The summed E-state index contributed by atoms with van der Waals surface area (Å²) in [7, 11) is 0. The summed E-state index contributed by atoms with van der Waals surface area (Å²) in [5, 5.41) is 4.09. The van der Waals surface area contributed by atoms with Crippen LogP contribution in [-0.2, 0) is 4.74 Å². The molecule has 0 radical (unpaired) electrons. The molecule has 4 heterocycles. The molecule has 4 aromatic rings. The van der Waals surface area contributed by atoms with Crippen LogP contribution in [0.3, 0.4) is 0 Å². The average Bonchev–Trinajstić information content (AvgIpc) is 3.54. The van der Waals surface area contributed by atoms with E-state index in [9.17, 15) is 8.78 Å². The first kappa shape index (κ1) is 23.5. The first-order chi connectivity index (χ1) is 16.9. The number of hydrogen-bond donors (Lipinski definition) is 0. The summed E-state index contributed by atoms with van der Waals surface area (Å²) in [6.45, 7) is 6.47. The van der Waals surface area contributed by atoms with Gasteiger partial charge in [-0.15, -0.1) is 0 Å². The smallest absolute Gasteiger partial charge is 0.135 e. The average molecular weight is 478 g/mol. The van der Waals surface area contributed by atoms with Gasteiger partial charge in [0.05, 0.1) is 29.1 Å². The molecular weight excluding hydrogens is 448 g/mol. The summed E-state index contributed by atoms with van der Waals surface area (Å²) < 4.78 is 35.6. The van der Waals surface area contributed by atoms with Gasteiger partial charge >= 0.3 is 0 Å². The fourth-order valence-corrected chi connectivity index (χ4v) is 4.43. The maximum absolute atomic E-state index is 14.5. The molecule has 1 aromatic carbocycles. The summed E-state index contributed by atoms with van der Waals surface area (Å²) in [5.74, 6) is -1.06. The third-order valence-electron chi connectivity index (χ3n) is 6.62. The minimum Gasteiger partial charge on any atom is -0.378 e. The molecule has 6 rings (SSSR count). The second kappa shape index (κ2) is 9.77. The quantitative estimate of drug-likeness (QED) is 0.357. The van der Waals surface area contributed by atoms with E-state index in [4.69, 9.17) is 9.72 Å². The second-order valence-corrected chi connectivity index (χ2v) is 9.40. The van der Waals surface area contributed by atoms with Gasteiger partial charge in [-0.3, -0.25) is 4.68 Å². The highest BCUT2D eigenvalue weighted by Gasteiger charge is 2.25. The van der Waals surface area contributed by atoms with Crippen molar-refractivity contribution in [3.63, 3.8) is 0 Å². The van der Waals surface area contributed by atoms with E-state index in [0.29, 0.717) is 23.3 Å². The molecule has 0 N–H and O–H groups in total. The first-order valence-electron chi connectivity index (χ1n) is 12.1. The second-order valence-electron chi connectivity index (χ2n) is 9.40. The van der Waals surface area contributed by atoms with Crippen molar-refractivity contribution in [3.8, 4) is 11.3 Å². The molecule has 6 nitrogen and oxygen atoms in total. The van der Waals surface area contributed by atoms with E-state index in [-0.39, 0.29) is 17.6 Å². The Labute approximate surface area is 203 Å². The molecule has 2 fully saturated rings. The molecule has 2 aliphatic rings. The van der Waals surface area contributed by atoms with Crippen LogP contribution in [0.2, 0.25) is 0 Å². The van der Waals surface area contributed by atoms with Crippen molar-refractivity contribution in [2.45, 2.75) is 64.5 Å². The highest BCUT2D eigenvalue weighted by molar-refractivity contribution is 5.89. The van der Waals surface area contributed by atoms with Gasteiger partial charge in [0.15, 0.2) is 0 Å². The number of halogens is 2. The molecule has 1 saturated carbocycles. The molecule has 35 heavy (non-hydrogen) atoms. The van der Waals surface area contributed by atoms with Crippen LogP contribution in [0.1, 0.15) is 61.6 Å². The minimum absolute atomic E-state index is 0.151. The Hall–Kier alpha value is -3.26. The summed E-state index contributed by atoms with van der Waals surface area (Å²) in [5.41, 5.74) is 4.31. The van der Waals surface area contributed by atoms with Crippen molar-refractivity contribution < 1.29 is 13.5 Å². The maximum atomic E-state index is 14.5. The highest BCUT2D eigenvalue weighted by Crippen LogP contribution is 2.35. The van der Waals surface area contributed by atoms with Gasteiger partial charge in [-0.1, -0.05) is 0 Å². The van der Waals surface area contributed by atoms with E-state index in [1.54, 1.807) is 0 Å². The van der Waals surface area contributed by atoms with Crippen molar-refractivity contribution in [3.05, 3.63) is 71.4 Å². The number of benzene rings is 1. The molecule has 182 valence electrons. The molecule has 0 bridgehead atoms. The lowest BCUT2D eigenvalue weighted by Crippen LogP contribution is -2.22. The zero-order valence-corrected chi connectivity index (χ0v) is 20.2. The van der Waals surface area contributed by atoms with Gasteiger partial charge in [-0.2, -0.15) is 5.10 Å². The normalized spacial score (nSPS) is 19.9. The first-order valence-corrected chi connectivity index (χ1v) is 12.1. The molecule has 2 atom stereocenters. The lowest BCUT2D eigenvalue weighted by Gasteiger charge is -2.27. The predicted molar refractivity (Wildman–Crippen MR) is 130 cm³/mol. The Bertz CT molecular complexity index is 1340. The van der Waals surface area contributed by atoms with Crippen LogP contribution >= 0.6 is 0 Å². The number of ether oxygens (including phenoxy) is 1. The van der Waals surface area contributed by atoms with Crippen LogP contribution in [0.15, 0.2) is 42.7 Å². The number of hydrogen-bond acceptors (Lipinski definition) is 5. The summed E-state index contributed by atoms with van der Waals surface area (Å²) in [6.07, 6.45) is 8.35. The van der Waals surface area contributed by atoms with Crippen LogP contribution in [0, 0.1) is 25.5 Å². The fraction of sp³-hybridized carbons (Fsp3) is 0.407. The minimum atomic E-state index is -0.652. The van der Waals surface area contributed by atoms with Gasteiger partial charge in [-0.25, -0.2) is 23.7 Å². The zero-order chi connectivity index (χ0) is 24.5. The number of pyridine rings is 1. The fourth-order valence-electron chi connectivity index (χ4n) is 4.43. The zero-order valence-electron chi connectivity index (χ0n) is 20.2. The summed E-state index contributed by atoms with van der Waals surface area (Å²) in [6, 6.07) is 8.19. The third kappa shape index (κ3) is 5.22. The van der Waals surface area contributed by atoms with E-state index < -0.39 is 11.6 Å². The standard InChI is InChI=1S/C21H21F2N3O.C6H8N2/c1-11-8-14(6-7-27-11)18-10-19-21(25-13(3)12(2)24-19)20(26-18)16-5-4-15(22)9-17(16)23;1-4-7-8(5-1)6-2-3-6/h4-5,9-11,14H,6-8H2,1-3H3;1,4-6H,2-3H2/t11-,14-;/m0./s1. The van der Waals surface area contributed by atoms with Crippen molar-refractivity contribution in [2.24, 2.45) is 0 Å². The lowest BCUT2D eigenvalue weighted by atomic mass is 9.91. The van der Waals surface area contributed by atoms with Gasteiger partial charge in [0, 0.05) is 42.2 Å². The van der Waals surface area contributed by atoms with Gasteiger partial charge < -0.3 is 4.74 Å². The van der Waals surface area contributed by atoms with Crippen LogP contribution in [0.5, 0.6) is 0 Å². The molecule has 0 amide bonds. The number of fused-ring (bicyclic) bond motifs is 1. The van der Waals surface area contributed by atoms with Crippen LogP contribution in [0.25, 0.3) is 22.3 Å². The molecule has 1 saturated heterocycles. The Balaban J connectivity index is 0.000000265. The Kier molecular flexibility index (Phi) is 6.56. The SMILES string of the molecule is Cc1nc2cc([C@H]3CCO[C@@H](C)C3)nc(-c3ccc(F)cc3F)c2nc1C.c1cnn(C2CC2)c1. The van der Waals surface area contributed by atoms with Crippen molar-refractivity contribution in [1.29, 1.82) is 0 Å². The van der Waals surface area contributed by atoms with E-state index in [0.717, 1.165) is 42.0 Å². The maximum Gasteiger partial charge on any atom is 0.135 e. The predicted octanol–water partition coefficient (Wildman–Crippen LogP) is 6.09. The van der Waals surface area contributed by atoms with Crippen molar-refractivity contribution in [1.82, 2.24) is 24.7 Å².